The number of nitrogens with zero attached hydrogens (tertiary/aromatic N) is 3. The van der Waals surface area contributed by atoms with Crippen LogP contribution in [0.5, 0.6) is 0 Å². The number of anilines is 1. The van der Waals surface area contributed by atoms with E-state index in [2.05, 4.69) is 20.3 Å². The first-order chi connectivity index (χ1) is 14.6. The van der Waals surface area contributed by atoms with E-state index in [1.807, 2.05) is 41.8 Å². The fourth-order valence-electron chi connectivity index (χ4n) is 2.84. The molecule has 9 heteroatoms. The van der Waals surface area contributed by atoms with E-state index in [4.69, 9.17) is 0 Å². The number of H-pyrrole nitrogens is 1. The number of benzene rings is 1. The second kappa shape index (κ2) is 8.66. The summed E-state index contributed by atoms with van der Waals surface area (Å²) in [5.41, 5.74) is 2.13. The smallest absolute Gasteiger partial charge is 0.326 e. The zero-order valence-corrected chi connectivity index (χ0v) is 16.6. The maximum Gasteiger partial charge on any atom is 0.328 e. The molecule has 3 heterocycles. The van der Waals surface area contributed by atoms with Crippen LogP contribution in [0.4, 0.5) is 5.69 Å². The lowest BCUT2D eigenvalue weighted by molar-refractivity contribution is -0.116. The number of pyridine rings is 1. The second-order valence-corrected chi connectivity index (χ2v) is 7.29. The standard InChI is InChI=1S/C21H17N5O3S/c27-18(7-10-26-11-8-19(28)25-21(26)29)23-15-5-3-4-14(12-15)17-13-30-20(24-17)16-6-1-2-9-22-16/h1-6,8-9,11-13H,7,10H2,(H,23,27)(H,25,28,29). The first kappa shape index (κ1) is 19.5. The zero-order valence-electron chi connectivity index (χ0n) is 15.7. The van der Waals surface area contributed by atoms with E-state index >= 15 is 0 Å². The van der Waals surface area contributed by atoms with Crippen LogP contribution < -0.4 is 16.6 Å². The summed E-state index contributed by atoms with van der Waals surface area (Å²) in [7, 11) is 0. The molecule has 0 aliphatic heterocycles. The van der Waals surface area contributed by atoms with Crippen molar-refractivity contribution in [2.45, 2.75) is 13.0 Å². The highest BCUT2D eigenvalue weighted by atomic mass is 32.1. The number of aryl methyl sites for hydroxylation is 1. The molecule has 0 saturated heterocycles. The van der Waals surface area contributed by atoms with Gasteiger partial charge in [-0.1, -0.05) is 18.2 Å². The van der Waals surface area contributed by atoms with Crippen LogP contribution in [0.2, 0.25) is 0 Å². The first-order valence-corrected chi connectivity index (χ1v) is 10.0. The van der Waals surface area contributed by atoms with Crippen molar-refractivity contribution >= 4 is 22.9 Å². The number of rotatable bonds is 6. The highest BCUT2D eigenvalue weighted by Crippen LogP contribution is 2.28. The molecule has 0 aliphatic carbocycles. The van der Waals surface area contributed by atoms with E-state index in [1.165, 1.54) is 28.2 Å². The molecule has 4 rings (SSSR count). The zero-order chi connectivity index (χ0) is 20.9. The summed E-state index contributed by atoms with van der Waals surface area (Å²) in [4.78, 5) is 46.2. The van der Waals surface area contributed by atoms with E-state index in [0.29, 0.717) is 5.69 Å². The molecule has 30 heavy (non-hydrogen) atoms. The number of hydrogen-bond donors (Lipinski definition) is 2. The Balaban J connectivity index is 1.43. The summed E-state index contributed by atoms with van der Waals surface area (Å²) in [5, 5.41) is 5.61. The Labute approximate surface area is 174 Å². The molecule has 0 saturated carbocycles. The summed E-state index contributed by atoms with van der Waals surface area (Å²) in [6, 6.07) is 14.3. The van der Waals surface area contributed by atoms with Gasteiger partial charge in [0.1, 0.15) is 5.01 Å². The Kier molecular flexibility index (Phi) is 5.62. The molecular weight excluding hydrogens is 402 g/mol. The molecule has 0 radical (unpaired) electrons. The first-order valence-electron chi connectivity index (χ1n) is 9.15. The van der Waals surface area contributed by atoms with E-state index in [-0.39, 0.29) is 18.9 Å². The number of carbonyl (C=O) groups is 1. The molecule has 2 N–H and O–H groups in total. The number of aromatic amines is 1. The maximum absolute atomic E-state index is 12.3. The van der Waals surface area contributed by atoms with Crippen molar-refractivity contribution in [1.29, 1.82) is 0 Å². The normalized spacial score (nSPS) is 10.7. The molecule has 0 bridgehead atoms. The van der Waals surface area contributed by atoms with Crippen molar-refractivity contribution in [3.63, 3.8) is 0 Å². The SMILES string of the molecule is O=C(CCn1ccc(=O)[nH]c1=O)Nc1cccc(-c2csc(-c3ccccn3)n2)c1. The Morgan fingerprint density at radius 3 is 2.80 bits per heavy atom. The highest BCUT2D eigenvalue weighted by molar-refractivity contribution is 7.13. The lowest BCUT2D eigenvalue weighted by Gasteiger charge is -2.08. The minimum Gasteiger partial charge on any atom is -0.326 e. The number of aromatic nitrogens is 4. The van der Waals surface area contributed by atoms with Gasteiger partial charge in [-0.2, -0.15) is 0 Å². The van der Waals surface area contributed by atoms with Crippen molar-refractivity contribution in [3.05, 3.63) is 87.1 Å². The predicted molar refractivity (Wildman–Crippen MR) is 115 cm³/mol. The molecule has 1 amide bonds. The fourth-order valence-corrected chi connectivity index (χ4v) is 3.64. The van der Waals surface area contributed by atoms with Gasteiger partial charge in [-0.25, -0.2) is 9.78 Å². The van der Waals surface area contributed by atoms with Gasteiger partial charge in [0.25, 0.3) is 5.56 Å². The van der Waals surface area contributed by atoms with Crippen LogP contribution in [-0.2, 0) is 11.3 Å². The van der Waals surface area contributed by atoms with E-state index < -0.39 is 11.2 Å². The average molecular weight is 419 g/mol. The van der Waals surface area contributed by atoms with Crippen LogP contribution in [0.25, 0.3) is 22.0 Å². The summed E-state index contributed by atoms with van der Waals surface area (Å²) in [5.74, 6) is -0.238. The van der Waals surface area contributed by atoms with Crippen molar-refractivity contribution < 1.29 is 4.79 Å². The minimum absolute atomic E-state index is 0.0940. The maximum atomic E-state index is 12.3. The van der Waals surface area contributed by atoms with Crippen molar-refractivity contribution in [1.82, 2.24) is 19.5 Å². The molecule has 0 fully saturated rings. The van der Waals surface area contributed by atoms with Crippen molar-refractivity contribution in [2.75, 3.05) is 5.32 Å². The van der Waals surface area contributed by atoms with Gasteiger partial charge in [-0.15, -0.1) is 11.3 Å². The van der Waals surface area contributed by atoms with Gasteiger partial charge in [-0.05, 0) is 24.3 Å². The Morgan fingerprint density at radius 1 is 1.10 bits per heavy atom. The minimum atomic E-state index is -0.537. The summed E-state index contributed by atoms with van der Waals surface area (Å²) >= 11 is 1.51. The molecule has 1 aromatic carbocycles. The molecule has 4 aromatic rings. The van der Waals surface area contributed by atoms with Crippen LogP contribution in [-0.4, -0.2) is 25.4 Å². The second-order valence-electron chi connectivity index (χ2n) is 6.44. The molecule has 0 atom stereocenters. The van der Waals surface area contributed by atoms with Gasteiger partial charge < -0.3 is 9.88 Å². The Bertz CT molecular complexity index is 1290. The van der Waals surface area contributed by atoms with Crippen molar-refractivity contribution in [2.24, 2.45) is 0 Å². The molecular formula is C21H17N5O3S. The molecule has 150 valence electrons. The molecule has 0 unspecified atom stereocenters. The van der Waals surface area contributed by atoms with Gasteiger partial charge in [-0.3, -0.25) is 19.6 Å². The number of hydrogen-bond acceptors (Lipinski definition) is 6. The van der Waals surface area contributed by atoms with Crippen LogP contribution >= 0.6 is 11.3 Å². The number of carbonyl (C=O) groups excluding carboxylic acids is 1. The van der Waals surface area contributed by atoms with Gasteiger partial charge in [0.15, 0.2) is 0 Å². The summed E-state index contributed by atoms with van der Waals surface area (Å²) in [6.07, 6.45) is 3.20. The third-order valence-electron chi connectivity index (χ3n) is 4.31. The van der Waals surface area contributed by atoms with E-state index in [0.717, 1.165) is 22.0 Å². The van der Waals surface area contributed by atoms with Crippen molar-refractivity contribution in [3.8, 4) is 22.0 Å². The largest absolute Gasteiger partial charge is 0.328 e. The van der Waals surface area contributed by atoms with E-state index in [9.17, 15) is 14.4 Å². The quantitative estimate of drug-likeness (QED) is 0.499. The topological polar surface area (TPSA) is 110 Å². The third kappa shape index (κ3) is 4.58. The van der Waals surface area contributed by atoms with Crippen LogP contribution in [0, 0.1) is 0 Å². The van der Waals surface area contributed by atoms with Crippen LogP contribution in [0.15, 0.2) is 75.9 Å². The monoisotopic (exact) mass is 419 g/mol. The van der Waals surface area contributed by atoms with E-state index in [1.54, 1.807) is 12.3 Å². The molecule has 0 spiro atoms. The molecule has 0 aliphatic rings. The number of amides is 1. The number of nitrogens with one attached hydrogen (secondary N) is 2. The average Bonchev–Trinajstić information content (AvgIpc) is 3.24. The fraction of sp³-hybridized carbons (Fsp3) is 0.0952. The van der Waals surface area contributed by atoms with Gasteiger partial charge >= 0.3 is 5.69 Å². The van der Waals surface area contributed by atoms with Gasteiger partial charge in [0.05, 0.1) is 11.4 Å². The summed E-state index contributed by atoms with van der Waals surface area (Å²) < 4.78 is 1.28. The lowest BCUT2D eigenvalue weighted by Crippen LogP contribution is -2.29. The predicted octanol–water partition coefficient (Wildman–Crippen LogP) is 2.75. The van der Waals surface area contributed by atoms with Crippen LogP contribution in [0.3, 0.4) is 0 Å². The van der Waals surface area contributed by atoms with Gasteiger partial charge in [0.2, 0.25) is 5.91 Å². The van der Waals surface area contributed by atoms with Gasteiger partial charge in [0, 0.05) is 48.1 Å². The highest BCUT2D eigenvalue weighted by Gasteiger charge is 2.09. The Morgan fingerprint density at radius 2 is 2.00 bits per heavy atom. The Hall–Kier alpha value is -3.85. The summed E-state index contributed by atoms with van der Waals surface area (Å²) in [6.45, 7) is 0.167. The molecule has 8 nitrogen and oxygen atoms in total. The third-order valence-corrected chi connectivity index (χ3v) is 5.17. The lowest BCUT2D eigenvalue weighted by atomic mass is 10.1. The van der Waals surface area contributed by atoms with Crippen LogP contribution in [0.1, 0.15) is 6.42 Å². The number of thiazole rings is 1. The molecule has 3 aromatic heterocycles.